The Labute approximate surface area is 115 Å². The molecule has 1 fully saturated rings. The van der Waals surface area contributed by atoms with Gasteiger partial charge in [-0.1, -0.05) is 0 Å². The minimum absolute atomic E-state index is 0.00630. The standard InChI is InChI=1S/C12H13ClN4O2/c13-12-15-6-9(11(18)19)10(17-12)16-8-3-1-7(5-14)2-4-8/h6-8H,1-4H2,(H,18,19)(H,15,16,17)/t7-,8-. The number of nitrogens with one attached hydrogen (secondary N) is 1. The Kier molecular flexibility index (Phi) is 4.17. The molecule has 1 heterocycles. The van der Waals surface area contributed by atoms with Gasteiger partial charge in [0.2, 0.25) is 5.28 Å². The molecule has 2 N–H and O–H groups in total. The maximum atomic E-state index is 11.1. The van der Waals surface area contributed by atoms with Gasteiger partial charge in [0.05, 0.1) is 6.07 Å². The van der Waals surface area contributed by atoms with Crippen LogP contribution < -0.4 is 5.32 Å². The predicted octanol–water partition coefficient (Wildman–Crippen LogP) is 2.32. The molecule has 6 nitrogen and oxygen atoms in total. The molecule has 1 aromatic heterocycles. The highest BCUT2D eigenvalue weighted by Gasteiger charge is 2.23. The molecule has 0 atom stereocenters. The molecule has 1 aliphatic rings. The Morgan fingerprint density at radius 2 is 2.16 bits per heavy atom. The molecule has 0 saturated heterocycles. The van der Waals surface area contributed by atoms with E-state index in [9.17, 15) is 4.79 Å². The maximum Gasteiger partial charge on any atom is 0.341 e. The lowest BCUT2D eigenvalue weighted by atomic mass is 9.87. The quantitative estimate of drug-likeness (QED) is 0.824. The van der Waals surface area contributed by atoms with Gasteiger partial charge in [0.1, 0.15) is 11.4 Å². The molecule has 0 bridgehead atoms. The van der Waals surface area contributed by atoms with E-state index >= 15 is 0 Å². The van der Waals surface area contributed by atoms with E-state index in [1.54, 1.807) is 0 Å². The highest BCUT2D eigenvalue weighted by atomic mass is 35.5. The Bertz CT molecular complexity index is 521. The van der Waals surface area contributed by atoms with Crippen LogP contribution in [0.4, 0.5) is 5.82 Å². The van der Waals surface area contributed by atoms with E-state index in [-0.39, 0.29) is 28.6 Å². The number of hydrogen-bond donors (Lipinski definition) is 2. The van der Waals surface area contributed by atoms with Crippen molar-refractivity contribution in [1.82, 2.24) is 9.97 Å². The van der Waals surface area contributed by atoms with Crippen LogP contribution in [0, 0.1) is 17.2 Å². The predicted molar refractivity (Wildman–Crippen MR) is 69.0 cm³/mol. The van der Waals surface area contributed by atoms with Crippen molar-refractivity contribution in [3.05, 3.63) is 17.0 Å². The molecule has 0 aromatic carbocycles. The van der Waals surface area contributed by atoms with Gasteiger partial charge >= 0.3 is 5.97 Å². The van der Waals surface area contributed by atoms with E-state index in [1.807, 2.05) is 0 Å². The summed E-state index contributed by atoms with van der Waals surface area (Å²) in [4.78, 5) is 18.7. The highest BCUT2D eigenvalue weighted by molar-refractivity contribution is 6.28. The molecule has 1 saturated carbocycles. The first-order valence-electron chi connectivity index (χ1n) is 6.02. The minimum Gasteiger partial charge on any atom is -0.477 e. The third-order valence-corrected chi connectivity index (χ3v) is 3.42. The summed E-state index contributed by atoms with van der Waals surface area (Å²) < 4.78 is 0. The van der Waals surface area contributed by atoms with E-state index in [0.29, 0.717) is 0 Å². The van der Waals surface area contributed by atoms with E-state index in [0.717, 1.165) is 25.7 Å². The van der Waals surface area contributed by atoms with Gasteiger partial charge in [0.15, 0.2) is 0 Å². The van der Waals surface area contributed by atoms with Gasteiger partial charge in [0, 0.05) is 18.2 Å². The first kappa shape index (κ1) is 13.6. The van der Waals surface area contributed by atoms with Crippen LogP contribution in [0.3, 0.4) is 0 Å². The van der Waals surface area contributed by atoms with Crippen molar-refractivity contribution in [2.45, 2.75) is 31.7 Å². The van der Waals surface area contributed by atoms with Crippen LogP contribution in [0.15, 0.2) is 6.20 Å². The van der Waals surface area contributed by atoms with Crippen molar-refractivity contribution in [2.75, 3.05) is 5.32 Å². The highest BCUT2D eigenvalue weighted by Crippen LogP contribution is 2.26. The van der Waals surface area contributed by atoms with Crippen LogP contribution in [-0.4, -0.2) is 27.1 Å². The first-order chi connectivity index (χ1) is 9.10. The summed E-state index contributed by atoms with van der Waals surface area (Å²) in [5, 5.41) is 21.0. The lowest BCUT2D eigenvalue weighted by molar-refractivity contribution is 0.0697. The number of carbonyl (C=O) groups is 1. The molecule has 0 radical (unpaired) electrons. The monoisotopic (exact) mass is 280 g/mol. The number of anilines is 1. The number of carboxylic acid groups (broad SMARTS) is 1. The summed E-state index contributed by atoms with van der Waals surface area (Å²) in [7, 11) is 0. The van der Waals surface area contributed by atoms with Crippen LogP contribution >= 0.6 is 11.6 Å². The van der Waals surface area contributed by atoms with Gasteiger partial charge in [-0.15, -0.1) is 0 Å². The van der Waals surface area contributed by atoms with Crippen molar-refractivity contribution in [2.24, 2.45) is 5.92 Å². The second-order valence-electron chi connectivity index (χ2n) is 4.53. The Balaban J connectivity index is 2.09. The minimum atomic E-state index is -1.09. The van der Waals surface area contributed by atoms with E-state index < -0.39 is 5.97 Å². The van der Waals surface area contributed by atoms with Gasteiger partial charge in [-0.2, -0.15) is 10.2 Å². The van der Waals surface area contributed by atoms with Gasteiger partial charge < -0.3 is 10.4 Å². The van der Waals surface area contributed by atoms with Crippen LogP contribution in [-0.2, 0) is 0 Å². The topological polar surface area (TPSA) is 98.9 Å². The second-order valence-corrected chi connectivity index (χ2v) is 4.87. The van der Waals surface area contributed by atoms with Crippen LogP contribution in [0.2, 0.25) is 5.28 Å². The van der Waals surface area contributed by atoms with E-state index in [1.165, 1.54) is 6.20 Å². The zero-order chi connectivity index (χ0) is 13.8. The number of carboxylic acids is 1. The summed E-state index contributed by atoms with van der Waals surface area (Å²) in [5.74, 6) is -0.747. The molecule has 1 aliphatic carbocycles. The largest absolute Gasteiger partial charge is 0.477 e. The number of aromatic nitrogens is 2. The molecule has 1 aromatic rings. The summed E-state index contributed by atoms with van der Waals surface area (Å²) >= 11 is 5.69. The first-order valence-corrected chi connectivity index (χ1v) is 6.40. The third-order valence-electron chi connectivity index (χ3n) is 3.24. The van der Waals surface area contributed by atoms with Gasteiger partial charge in [-0.25, -0.2) is 9.78 Å². The molecule has 7 heteroatoms. The smallest absolute Gasteiger partial charge is 0.341 e. The van der Waals surface area contributed by atoms with Crippen molar-refractivity contribution in [3.63, 3.8) is 0 Å². The van der Waals surface area contributed by atoms with Gasteiger partial charge in [-0.05, 0) is 37.3 Å². The number of aromatic carboxylic acids is 1. The molecular weight excluding hydrogens is 268 g/mol. The number of nitrogens with zero attached hydrogens (tertiary/aromatic N) is 3. The van der Waals surface area contributed by atoms with Crippen LogP contribution in [0.5, 0.6) is 0 Å². The molecule has 19 heavy (non-hydrogen) atoms. The number of hydrogen-bond acceptors (Lipinski definition) is 5. The van der Waals surface area contributed by atoms with Gasteiger partial charge in [-0.3, -0.25) is 0 Å². The van der Waals surface area contributed by atoms with Crippen LogP contribution in [0.1, 0.15) is 36.0 Å². The Hall–Kier alpha value is -1.87. The summed E-state index contributed by atoms with van der Waals surface area (Å²) in [6.07, 6.45) is 4.46. The second kappa shape index (κ2) is 5.85. The lowest BCUT2D eigenvalue weighted by Crippen LogP contribution is -2.27. The number of rotatable bonds is 3. The lowest BCUT2D eigenvalue weighted by Gasteiger charge is -2.26. The fourth-order valence-electron chi connectivity index (χ4n) is 2.19. The average molecular weight is 281 g/mol. The molecule has 100 valence electrons. The normalized spacial score (nSPS) is 22.5. The Morgan fingerprint density at radius 1 is 1.47 bits per heavy atom. The molecule has 0 unspecified atom stereocenters. The van der Waals surface area contributed by atoms with Crippen molar-refractivity contribution in [1.29, 1.82) is 5.26 Å². The average Bonchev–Trinajstić information content (AvgIpc) is 2.39. The summed E-state index contributed by atoms with van der Waals surface area (Å²) in [6.45, 7) is 0. The SMILES string of the molecule is N#C[C@H]1CC[C@H](Nc2nc(Cl)ncc2C(=O)O)CC1. The molecule has 0 spiro atoms. The van der Waals surface area contributed by atoms with Gasteiger partial charge in [0.25, 0.3) is 0 Å². The van der Waals surface area contributed by atoms with Crippen molar-refractivity contribution in [3.8, 4) is 6.07 Å². The third kappa shape index (κ3) is 3.32. The molecular formula is C12H13ClN4O2. The molecule has 0 aliphatic heterocycles. The van der Waals surface area contributed by atoms with Crippen molar-refractivity contribution >= 4 is 23.4 Å². The summed E-state index contributed by atoms with van der Waals surface area (Å²) in [6, 6.07) is 2.38. The van der Waals surface area contributed by atoms with E-state index in [4.69, 9.17) is 22.0 Å². The summed E-state index contributed by atoms with van der Waals surface area (Å²) in [5.41, 5.74) is 0.00630. The number of halogens is 1. The van der Waals surface area contributed by atoms with Crippen LogP contribution in [0.25, 0.3) is 0 Å². The zero-order valence-electron chi connectivity index (χ0n) is 10.1. The van der Waals surface area contributed by atoms with Crippen molar-refractivity contribution < 1.29 is 9.90 Å². The molecule has 2 rings (SSSR count). The fraction of sp³-hybridized carbons (Fsp3) is 0.500. The van der Waals surface area contributed by atoms with E-state index in [2.05, 4.69) is 21.4 Å². The maximum absolute atomic E-state index is 11.1. The fourth-order valence-corrected chi connectivity index (χ4v) is 2.32. The molecule has 0 amide bonds. The Morgan fingerprint density at radius 3 is 2.74 bits per heavy atom. The zero-order valence-corrected chi connectivity index (χ0v) is 10.9. The number of nitriles is 1.